The van der Waals surface area contributed by atoms with Crippen LogP contribution in [0.5, 0.6) is 0 Å². The molecule has 0 spiro atoms. The van der Waals surface area contributed by atoms with Crippen molar-refractivity contribution in [1.29, 1.82) is 0 Å². The Hall–Kier alpha value is -2.52. The van der Waals surface area contributed by atoms with Gasteiger partial charge in [0.15, 0.2) is 0 Å². The van der Waals surface area contributed by atoms with Crippen LogP contribution in [0.2, 0.25) is 0 Å². The van der Waals surface area contributed by atoms with E-state index in [-0.39, 0.29) is 18.0 Å². The van der Waals surface area contributed by atoms with Crippen molar-refractivity contribution >= 4 is 44.8 Å². The van der Waals surface area contributed by atoms with E-state index in [9.17, 15) is 14.4 Å². The second kappa shape index (κ2) is 6.54. The quantitative estimate of drug-likeness (QED) is 0.717. The number of nitrogens with one attached hydrogen (secondary N) is 1. The van der Waals surface area contributed by atoms with Crippen LogP contribution < -0.4 is 5.56 Å². The summed E-state index contributed by atoms with van der Waals surface area (Å²) in [7, 11) is 2.90. The van der Waals surface area contributed by atoms with Crippen molar-refractivity contribution in [1.82, 2.24) is 14.9 Å². The molecule has 1 N–H and O–H groups in total. The van der Waals surface area contributed by atoms with Crippen molar-refractivity contribution in [3.8, 4) is 0 Å². The lowest BCUT2D eigenvalue weighted by Crippen LogP contribution is -2.27. The van der Waals surface area contributed by atoms with Crippen molar-refractivity contribution in [3.63, 3.8) is 0 Å². The number of esters is 1. The predicted molar refractivity (Wildman–Crippen MR) is 91.7 cm³/mol. The van der Waals surface area contributed by atoms with E-state index < -0.39 is 5.97 Å². The third-order valence-corrected chi connectivity index (χ3v) is 5.26. The summed E-state index contributed by atoms with van der Waals surface area (Å²) in [6.07, 6.45) is 0. The van der Waals surface area contributed by atoms with Crippen LogP contribution in [-0.4, -0.2) is 40.9 Å². The number of hydrogen-bond acceptors (Lipinski definition) is 7. The number of carbonyl (C=O) groups is 2. The highest BCUT2D eigenvalue weighted by molar-refractivity contribution is 7.17. The summed E-state index contributed by atoms with van der Waals surface area (Å²) < 4.78 is 5.19. The zero-order chi connectivity index (χ0) is 17.3. The molecule has 0 atom stereocenters. The van der Waals surface area contributed by atoms with Gasteiger partial charge in [-0.1, -0.05) is 0 Å². The van der Waals surface area contributed by atoms with Gasteiger partial charge in [-0.05, 0) is 23.6 Å². The molecule has 7 nitrogen and oxygen atoms in total. The lowest BCUT2D eigenvalue weighted by atomic mass is 10.3. The Kier molecular flexibility index (Phi) is 4.45. The zero-order valence-corrected chi connectivity index (χ0v) is 14.5. The van der Waals surface area contributed by atoms with E-state index in [0.29, 0.717) is 25.8 Å². The first-order valence-corrected chi connectivity index (χ1v) is 8.59. The number of ether oxygens (including phenoxy) is 1. The molecule has 0 saturated heterocycles. The molecular weight excluding hydrogens is 350 g/mol. The number of aromatic amines is 1. The predicted octanol–water partition coefficient (Wildman–Crippen LogP) is 2.10. The Balaban J connectivity index is 1.79. The van der Waals surface area contributed by atoms with E-state index in [0.717, 1.165) is 11.3 Å². The van der Waals surface area contributed by atoms with Gasteiger partial charge in [0.05, 0.1) is 24.0 Å². The Morgan fingerprint density at radius 1 is 1.29 bits per heavy atom. The van der Waals surface area contributed by atoms with Crippen molar-refractivity contribution in [2.75, 3.05) is 14.2 Å². The summed E-state index contributed by atoms with van der Waals surface area (Å²) in [5.74, 6) is -0.328. The maximum Gasteiger partial charge on any atom is 0.348 e. The van der Waals surface area contributed by atoms with Crippen molar-refractivity contribution in [3.05, 3.63) is 49.5 Å². The van der Waals surface area contributed by atoms with Crippen LogP contribution in [0.25, 0.3) is 10.2 Å². The number of hydrogen-bond donors (Lipinski definition) is 1. The van der Waals surface area contributed by atoms with Crippen LogP contribution in [0.1, 0.15) is 25.2 Å². The number of thiophene rings is 2. The highest BCUT2D eigenvalue weighted by atomic mass is 32.1. The van der Waals surface area contributed by atoms with Gasteiger partial charge in [-0.3, -0.25) is 9.59 Å². The number of H-pyrrole nitrogens is 1. The highest BCUT2D eigenvalue weighted by Gasteiger charge is 2.18. The number of aromatic nitrogens is 2. The minimum Gasteiger partial charge on any atom is -0.465 e. The van der Waals surface area contributed by atoms with Gasteiger partial charge < -0.3 is 14.6 Å². The highest BCUT2D eigenvalue weighted by Crippen LogP contribution is 2.20. The van der Waals surface area contributed by atoms with E-state index in [1.807, 2.05) is 0 Å². The Morgan fingerprint density at radius 3 is 2.79 bits per heavy atom. The Morgan fingerprint density at radius 2 is 2.04 bits per heavy atom. The second-order valence-corrected chi connectivity index (χ2v) is 6.96. The molecule has 0 aliphatic carbocycles. The number of rotatable bonds is 4. The second-order valence-electron chi connectivity index (χ2n) is 4.96. The van der Waals surface area contributed by atoms with Crippen molar-refractivity contribution in [2.24, 2.45) is 0 Å². The van der Waals surface area contributed by atoms with Crippen LogP contribution in [0.3, 0.4) is 0 Å². The number of carbonyl (C=O) groups excluding carboxylic acids is 2. The van der Waals surface area contributed by atoms with Gasteiger partial charge in [-0.2, -0.15) is 0 Å². The molecule has 1 amide bonds. The molecule has 0 radical (unpaired) electrons. The molecule has 0 aromatic carbocycles. The fourth-order valence-electron chi connectivity index (χ4n) is 2.14. The molecule has 124 valence electrons. The SMILES string of the molecule is COC(=O)c1ccc(C(=O)N(C)Cc2nc3ccsc3c(=O)[nH]2)s1. The van der Waals surface area contributed by atoms with Crippen LogP contribution in [0, 0.1) is 0 Å². The fraction of sp³-hybridized carbons (Fsp3) is 0.200. The lowest BCUT2D eigenvalue weighted by Gasteiger charge is -2.15. The summed E-state index contributed by atoms with van der Waals surface area (Å²) in [6, 6.07) is 4.89. The monoisotopic (exact) mass is 363 g/mol. The maximum absolute atomic E-state index is 12.4. The molecule has 24 heavy (non-hydrogen) atoms. The van der Waals surface area contributed by atoms with E-state index in [1.54, 1.807) is 30.6 Å². The average Bonchev–Trinajstić information content (AvgIpc) is 3.22. The normalized spacial score (nSPS) is 10.8. The van der Waals surface area contributed by atoms with Crippen molar-refractivity contribution in [2.45, 2.75) is 6.54 Å². The number of fused-ring (bicyclic) bond motifs is 1. The first-order chi connectivity index (χ1) is 11.5. The molecule has 3 aromatic rings. The number of methoxy groups -OCH3 is 1. The van der Waals surface area contributed by atoms with E-state index in [1.165, 1.54) is 23.3 Å². The lowest BCUT2D eigenvalue weighted by molar-refractivity contribution is 0.0606. The average molecular weight is 363 g/mol. The largest absolute Gasteiger partial charge is 0.465 e. The van der Waals surface area contributed by atoms with Gasteiger partial charge in [0, 0.05) is 7.05 Å². The number of nitrogens with zero attached hydrogens (tertiary/aromatic N) is 2. The smallest absolute Gasteiger partial charge is 0.348 e. The minimum absolute atomic E-state index is 0.158. The van der Waals surface area contributed by atoms with Gasteiger partial charge in [0.25, 0.3) is 11.5 Å². The molecule has 3 rings (SSSR count). The van der Waals surface area contributed by atoms with Crippen LogP contribution in [0.4, 0.5) is 0 Å². The summed E-state index contributed by atoms with van der Waals surface area (Å²) >= 11 is 2.39. The first-order valence-electron chi connectivity index (χ1n) is 6.89. The van der Waals surface area contributed by atoms with Crippen LogP contribution >= 0.6 is 22.7 Å². The van der Waals surface area contributed by atoms with Gasteiger partial charge >= 0.3 is 5.97 Å². The number of amides is 1. The topological polar surface area (TPSA) is 92.4 Å². The third kappa shape index (κ3) is 3.08. The first kappa shape index (κ1) is 16.3. The third-order valence-electron chi connectivity index (χ3n) is 3.30. The van der Waals surface area contributed by atoms with Gasteiger partial charge in [0.1, 0.15) is 15.4 Å². The molecule has 0 aliphatic heterocycles. The fourth-order valence-corrected chi connectivity index (χ4v) is 3.79. The van der Waals surface area contributed by atoms with Gasteiger partial charge in [-0.25, -0.2) is 9.78 Å². The van der Waals surface area contributed by atoms with E-state index in [4.69, 9.17) is 0 Å². The van der Waals surface area contributed by atoms with Crippen LogP contribution in [-0.2, 0) is 11.3 Å². The molecule has 0 saturated carbocycles. The molecule has 3 heterocycles. The van der Waals surface area contributed by atoms with E-state index >= 15 is 0 Å². The molecule has 3 aromatic heterocycles. The molecular formula is C15H13N3O4S2. The summed E-state index contributed by atoms with van der Waals surface area (Å²) in [5, 5.41) is 1.80. The van der Waals surface area contributed by atoms with Crippen molar-refractivity contribution < 1.29 is 14.3 Å². The molecule has 0 bridgehead atoms. The van der Waals surface area contributed by atoms with Crippen LogP contribution in [0.15, 0.2) is 28.4 Å². The minimum atomic E-state index is -0.476. The van der Waals surface area contributed by atoms with E-state index in [2.05, 4.69) is 14.7 Å². The van der Waals surface area contributed by atoms with Gasteiger partial charge in [0.2, 0.25) is 0 Å². The Labute approximate surface area is 144 Å². The molecule has 0 fully saturated rings. The molecule has 0 unspecified atom stereocenters. The molecule has 9 heteroatoms. The summed E-state index contributed by atoms with van der Waals surface area (Å²) in [6.45, 7) is 0.158. The standard InChI is InChI=1S/C15H13N3O4S2/c1-18(14(20)9-3-4-10(24-9)15(21)22-2)7-11-16-8-5-6-23-12(8)13(19)17-11/h3-6H,7H2,1-2H3,(H,16,17,19). The zero-order valence-electron chi connectivity index (χ0n) is 12.9. The Bertz CT molecular complexity index is 972. The summed E-state index contributed by atoms with van der Waals surface area (Å²) in [4.78, 5) is 45.1. The molecule has 0 aliphatic rings. The summed E-state index contributed by atoms with van der Waals surface area (Å²) in [5.41, 5.74) is 0.402. The maximum atomic E-state index is 12.4. The van der Waals surface area contributed by atoms with Gasteiger partial charge in [-0.15, -0.1) is 22.7 Å².